The maximum Gasteiger partial charge on any atom is 0.123 e. The van der Waals surface area contributed by atoms with Crippen molar-refractivity contribution < 1.29 is 9.50 Å². The molecule has 3 heteroatoms. The fourth-order valence-electron chi connectivity index (χ4n) is 3.10. The molecular formula is C21H22FNO. The molecule has 2 nitrogen and oxygen atoms in total. The lowest BCUT2D eigenvalue weighted by Gasteiger charge is -2.30. The number of piperidine rings is 1. The minimum atomic E-state index is -0.166. The fourth-order valence-corrected chi connectivity index (χ4v) is 3.10. The number of nitrogens with zero attached hydrogens (tertiary/aromatic N) is 1. The summed E-state index contributed by atoms with van der Waals surface area (Å²) in [6.07, 6.45) is 3.36. The number of aromatic hydroxyl groups is 1. The highest BCUT2D eigenvalue weighted by atomic mass is 19.1. The van der Waals surface area contributed by atoms with E-state index in [1.807, 2.05) is 24.3 Å². The Bertz CT molecular complexity index is 704. The first-order chi connectivity index (χ1) is 11.7. The first-order valence-electron chi connectivity index (χ1n) is 8.44. The van der Waals surface area contributed by atoms with Crippen LogP contribution in [0.4, 0.5) is 4.39 Å². The Morgan fingerprint density at radius 2 is 1.67 bits per heavy atom. The van der Waals surface area contributed by atoms with Crippen molar-refractivity contribution in [1.29, 1.82) is 0 Å². The molecule has 2 aromatic rings. The normalized spacial score (nSPS) is 15.7. The summed E-state index contributed by atoms with van der Waals surface area (Å²) in [5, 5.41) is 9.26. The van der Waals surface area contributed by atoms with Crippen LogP contribution in [-0.2, 0) is 6.42 Å². The predicted molar refractivity (Wildman–Crippen MR) is 94.3 cm³/mol. The molecule has 2 aromatic carbocycles. The summed E-state index contributed by atoms with van der Waals surface area (Å²) in [4.78, 5) is 2.38. The van der Waals surface area contributed by atoms with E-state index in [-0.39, 0.29) is 11.6 Å². The van der Waals surface area contributed by atoms with Gasteiger partial charge in [0.1, 0.15) is 11.6 Å². The molecule has 0 radical (unpaired) electrons. The molecular weight excluding hydrogens is 301 g/mol. The van der Waals surface area contributed by atoms with Crippen LogP contribution in [0.25, 0.3) is 0 Å². The molecule has 1 aliphatic rings. The zero-order valence-corrected chi connectivity index (χ0v) is 13.7. The Hall–Kier alpha value is -2.31. The number of likely N-dealkylation sites (tertiary alicyclic amines) is 1. The summed E-state index contributed by atoms with van der Waals surface area (Å²) in [6, 6.07) is 13.9. The predicted octanol–water partition coefficient (Wildman–Crippen LogP) is 3.84. The average Bonchev–Trinajstić information content (AvgIpc) is 2.60. The molecule has 0 aliphatic carbocycles. The van der Waals surface area contributed by atoms with E-state index in [1.165, 1.54) is 5.56 Å². The van der Waals surface area contributed by atoms with E-state index in [0.29, 0.717) is 5.92 Å². The second kappa shape index (κ2) is 7.99. The molecule has 0 amide bonds. The van der Waals surface area contributed by atoms with Gasteiger partial charge in [0, 0.05) is 5.56 Å². The van der Waals surface area contributed by atoms with Gasteiger partial charge < -0.3 is 5.11 Å². The molecule has 24 heavy (non-hydrogen) atoms. The van der Waals surface area contributed by atoms with Gasteiger partial charge in [-0.2, -0.15) is 0 Å². The number of halogens is 1. The van der Waals surface area contributed by atoms with Gasteiger partial charge in [-0.15, -0.1) is 0 Å². The summed E-state index contributed by atoms with van der Waals surface area (Å²) in [5.41, 5.74) is 2.15. The Morgan fingerprint density at radius 1 is 1.00 bits per heavy atom. The molecule has 0 bridgehead atoms. The second-order valence-corrected chi connectivity index (χ2v) is 6.40. The van der Waals surface area contributed by atoms with Gasteiger partial charge in [0.2, 0.25) is 0 Å². The molecule has 0 unspecified atom stereocenters. The van der Waals surface area contributed by atoms with Crippen LogP contribution in [0.5, 0.6) is 5.75 Å². The van der Waals surface area contributed by atoms with Crippen LogP contribution >= 0.6 is 0 Å². The maximum atomic E-state index is 12.9. The average molecular weight is 323 g/mol. The highest BCUT2D eigenvalue weighted by molar-refractivity contribution is 5.37. The molecule has 0 saturated carbocycles. The van der Waals surface area contributed by atoms with E-state index in [1.54, 1.807) is 24.3 Å². The van der Waals surface area contributed by atoms with Gasteiger partial charge in [-0.1, -0.05) is 24.0 Å². The third-order valence-corrected chi connectivity index (χ3v) is 4.55. The molecule has 1 N–H and O–H groups in total. The largest absolute Gasteiger partial charge is 0.508 e. The number of phenolic OH excluding ortho intramolecular Hbond substituents is 1. The Kier molecular flexibility index (Phi) is 5.51. The van der Waals surface area contributed by atoms with Crippen LogP contribution in [0.15, 0.2) is 48.5 Å². The van der Waals surface area contributed by atoms with Gasteiger partial charge in [0.25, 0.3) is 0 Å². The van der Waals surface area contributed by atoms with Crippen molar-refractivity contribution in [3.63, 3.8) is 0 Å². The summed E-state index contributed by atoms with van der Waals surface area (Å²) in [5.74, 6) is 7.13. The van der Waals surface area contributed by atoms with E-state index >= 15 is 0 Å². The Labute approximate surface area is 142 Å². The van der Waals surface area contributed by atoms with E-state index in [2.05, 4.69) is 16.7 Å². The van der Waals surface area contributed by atoms with Crippen molar-refractivity contribution in [3.8, 4) is 17.6 Å². The first-order valence-corrected chi connectivity index (χ1v) is 8.44. The fraction of sp³-hybridized carbons (Fsp3) is 0.333. The van der Waals surface area contributed by atoms with Gasteiger partial charge >= 0.3 is 0 Å². The first kappa shape index (κ1) is 16.5. The van der Waals surface area contributed by atoms with Crippen LogP contribution in [0, 0.1) is 23.6 Å². The van der Waals surface area contributed by atoms with Crippen molar-refractivity contribution in [2.75, 3.05) is 19.6 Å². The monoisotopic (exact) mass is 323 g/mol. The van der Waals surface area contributed by atoms with Crippen LogP contribution < -0.4 is 0 Å². The number of rotatable bonds is 3. The van der Waals surface area contributed by atoms with Crippen molar-refractivity contribution in [2.24, 2.45) is 5.92 Å². The van der Waals surface area contributed by atoms with E-state index in [9.17, 15) is 9.50 Å². The SMILES string of the molecule is Oc1ccc(C#CCN2CCC(Cc3ccc(F)cc3)CC2)cc1. The number of benzene rings is 2. The summed E-state index contributed by atoms with van der Waals surface area (Å²) in [7, 11) is 0. The van der Waals surface area contributed by atoms with E-state index < -0.39 is 0 Å². The van der Waals surface area contributed by atoms with Crippen LogP contribution in [0.2, 0.25) is 0 Å². The van der Waals surface area contributed by atoms with E-state index in [0.717, 1.165) is 44.5 Å². The third-order valence-electron chi connectivity index (χ3n) is 4.55. The minimum absolute atomic E-state index is 0.166. The highest BCUT2D eigenvalue weighted by Gasteiger charge is 2.18. The molecule has 3 rings (SSSR count). The third kappa shape index (κ3) is 4.84. The minimum Gasteiger partial charge on any atom is -0.508 e. The lowest BCUT2D eigenvalue weighted by Crippen LogP contribution is -2.34. The topological polar surface area (TPSA) is 23.5 Å². The summed E-state index contributed by atoms with van der Waals surface area (Å²) >= 11 is 0. The maximum absolute atomic E-state index is 12.9. The van der Waals surface area contributed by atoms with Crippen LogP contribution in [0.3, 0.4) is 0 Å². The quantitative estimate of drug-likeness (QED) is 0.868. The van der Waals surface area contributed by atoms with Crippen LogP contribution in [0.1, 0.15) is 24.0 Å². The Morgan fingerprint density at radius 3 is 2.33 bits per heavy atom. The summed E-state index contributed by atoms with van der Waals surface area (Å²) < 4.78 is 12.9. The standard InChI is InChI=1S/C21H22FNO/c22-20-7-3-18(4-8-20)16-19-11-14-23(15-12-19)13-1-2-17-5-9-21(24)10-6-17/h3-10,19,24H,11-16H2. The molecule has 1 saturated heterocycles. The van der Waals surface area contributed by atoms with Crippen molar-refractivity contribution in [3.05, 3.63) is 65.5 Å². The summed E-state index contributed by atoms with van der Waals surface area (Å²) in [6.45, 7) is 2.91. The number of hydrogen-bond donors (Lipinski definition) is 1. The smallest absolute Gasteiger partial charge is 0.123 e. The van der Waals surface area contributed by atoms with Crippen molar-refractivity contribution in [2.45, 2.75) is 19.3 Å². The molecule has 124 valence electrons. The zero-order valence-electron chi connectivity index (χ0n) is 13.7. The van der Waals surface area contributed by atoms with Crippen molar-refractivity contribution in [1.82, 2.24) is 4.90 Å². The van der Waals surface area contributed by atoms with Gasteiger partial charge in [-0.3, -0.25) is 4.90 Å². The molecule has 0 atom stereocenters. The zero-order chi connectivity index (χ0) is 16.8. The van der Waals surface area contributed by atoms with E-state index in [4.69, 9.17) is 0 Å². The Balaban J connectivity index is 1.44. The molecule has 1 aliphatic heterocycles. The molecule has 1 fully saturated rings. The van der Waals surface area contributed by atoms with Crippen molar-refractivity contribution >= 4 is 0 Å². The number of hydrogen-bond acceptors (Lipinski definition) is 2. The van der Waals surface area contributed by atoms with Gasteiger partial charge in [0.05, 0.1) is 6.54 Å². The molecule has 0 aromatic heterocycles. The highest BCUT2D eigenvalue weighted by Crippen LogP contribution is 2.21. The second-order valence-electron chi connectivity index (χ2n) is 6.40. The molecule has 1 heterocycles. The molecule has 0 spiro atoms. The van der Waals surface area contributed by atoms with Gasteiger partial charge in [-0.05, 0) is 80.2 Å². The lowest BCUT2D eigenvalue weighted by molar-refractivity contribution is 0.203. The number of phenols is 1. The van der Waals surface area contributed by atoms with Gasteiger partial charge in [0.15, 0.2) is 0 Å². The van der Waals surface area contributed by atoms with Crippen LogP contribution in [-0.4, -0.2) is 29.6 Å². The van der Waals surface area contributed by atoms with Gasteiger partial charge in [-0.25, -0.2) is 4.39 Å². The lowest BCUT2D eigenvalue weighted by atomic mass is 9.90.